The largest absolute Gasteiger partial charge is 0.485 e. The van der Waals surface area contributed by atoms with Crippen LogP contribution in [0.4, 0.5) is 0 Å². The molecule has 0 bridgehead atoms. The zero-order valence-corrected chi connectivity index (χ0v) is 14.1. The number of para-hydroxylation sites is 3. The minimum Gasteiger partial charge on any atom is -0.485 e. The number of carbonyl (C=O) groups is 2. The van der Waals surface area contributed by atoms with Crippen LogP contribution in [0.3, 0.4) is 0 Å². The Bertz CT molecular complexity index is 995. The Kier molecular flexibility index (Phi) is 3.96. The summed E-state index contributed by atoms with van der Waals surface area (Å²) in [6.45, 7) is 0.0764. The fourth-order valence-electron chi connectivity index (χ4n) is 2.94. The number of fused-ring (bicyclic) bond motifs is 2. The van der Waals surface area contributed by atoms with Crippen LogP contribution >= 0.6 is 0 Å². The molecule has 132 valence electrons. The van der Waals surface area contributed by atoms with Crippen LogP contribution in [-0.2, 0) is 11.8 Å². The molecule has 3 aromatic rings. The van der Waals surface area contributed by atoms with Gasteiger partial charge in [-0.1, -0.05) is 30.3 Å². The molecule has 0 radical (unpaired) electrons. The number of hydrogen-bond acceptors (Lipinski definition) is 4. The summed E-state index contributed by atoms with van der Waals surface area (Å²) in [4.78, 5) is 24.7. The molecule has 1 aliphatic rings. The van der Waals surface area contributed by atoms with Crippen molar-refractivity contribution in [3.05, 3.63) is 60.3 Å². The highest BCUT2D eigenvalue weighted by Gasteiger charge is 2.27. The lowest BCUT2D eigenvalue weighted by Crippen LogP contribution is -2.50. The second-order valence-electron chi connectivity index (χ2n) is 5.98. The first-order chi connectivity index (χ1) is 12.6. The van der Waals surface area contributed by atoms with Crippen molar-refractivity contribution in [3.8, 4) is 11.5 Å². The first-order valence-electron chi connectivity index (χ1n) is 8.16. The van der Waals surface area contributed by atoms with Crippen LogP contribution in [0.5, 0.6) is 11.5 Å². The van der Waals surface area contributed by atoms with Crippen LogP contribution in [0.15, 0.2) is 54.7 Å². The number of carbonyl (C=O) groups excluding carboxylic acids is 2. The predicted octanol–water partition coefficient (Wildman–Crippen LogP) is 1.78. The Morgan fingerprint density at radius 1 is 1.04 bits per heavy atom. The standard InChI is InChI=1S/C19H17N3O4/c1-22-10-13(12-6-2-3-7-14(12)22)18(23)20-21-19(24)17-11-25-15-8-4-5-9-16(15)26-17/h2-10,17H,11H2,1H3,(H,20,23)(H,21,24). The van der Waals surface area contributed by atoms with E-state index in [0.717, 1.165) is 10.9 Å². The smallest absolute Gasteiger partial charge is 0.283 e. The van der Waals surface area contributed by atoms with Gasteiger partial charge in [0.2, 0.25) is 6.10 Å². The second-order valence-corrected chi connectivity index (χ2v) is 5.98. The summed E-state index contributed by atoms with van der Waals surface area (Å²) in [6, 6.07) is 14.7. The molecule has 7 heteroatoms. The van der Waals surface area contributed by atoms with Crippen LogP contribution in [0.1, 0.15) is 10.4 Å². The van der Waals surface area contributed by atoms with Gasteiger partial charge < -0.3 is 14.0 Å². The summed E-state index contributed by atoms with van der Waals surface area (Å²) in [7, 11) is 1.86. The summed E-state index contributed by atoms with van der Waals surface area (Å²) >= 11 is 0. The van der Waals surface area contributed by atoms with E-state index in [2.05, 4.69) is 10.9 Å². The molecule has 1 aliphatic heterocycles. The van der Waals surface area contributed by atoms with Crippen molar-refractivity contribution in [3.63, 3.8) is 0 Å². The average Bonchev–Trinajstić information content (AvgIpc) is 3.02. The van der Waals surface area contributed by atoms with Gasteiger partial charge >= 0.3 is 0 Å². The van der Waals surface area contributed by atoms with E-state index in [1.807, 2.05) is 41.9 Å². The van der Waals surface area contributed by atoms with Gasteiger partial charge in [-0.05, 0) is 18.2 Å². The first-order valence-corrected chi connectivity index (χ1v) is 8.16. The number of benzene rings is 2. The molecule has 0 aliphatic carbocycles. The van der Waals surface area contributed by atoms with Crippen LogP contribution in [0.25, 0.3) is 10.9 Å². The highest BCUT2D eigenvalue weighted by atomic mass is 16.6. The molecule has 26 heavy (non-hydrogen) atoms. The van der Waals surface area contributed by atoms with Crippen LogP contribution in [0, 0.1) is 0 Å². The molecule has 0 fully saturated rings. The summed E-state index contributed by atoms with van der Waals surface area (Å²) in [6.07, 6.45) is 0.889. The zero-order chi connectivity index (χ0) is 18.1. The van der Waals surface area contributed by atoms with E-state index < -0.39 is 17.9 Å². The molecule has 2 amide bonds. The maximum atomic E-state index is 12.4. The van der Waals surface area contributed by atoms with Crippen molar-refractivity contribution >= 4 is 22.7 Å². The highest BCUT2D eigenvalue weighted by Crippen LogP contribution is 2.30. The number of rotatable bonds is 2. The molecule has 2 heterocycles. The predicted molar refractivity (Wildman–Crippen MR) is 94.9 cm³/mol. The van der Waals surface area contributed by atoms with Crippen LogP contribution < -0.4 is 20.3 Å². The van der Waals surface area contributed by atoms with E-state index >= 15 is 0 Å². The van der Waals surface area contributed by atoms with E-state index in [9.17, 15) is 9.59 Å². The summed E-state index contributed by atoms with van der Waals surface area (Å²) < 4.78 is 13.0. The highest BCUT2D eigenvalue weighted by molar-refractivity contribution is 6.07. The van der Waals surface area contributed by atoms with Gasteiger partial charge in [0.25, 0.3) is 11.8 Å². The third-order valence-corrected chi connectivity index (χ3v) is 4.24. The zero-order valence-electron chi connectivity index (χ0n) is 14.1. The van der Waals surface area contributed by atoms with E-state index in [0.29, 0.717) is 17.1 Å². The van der Waals surface area contributed by atoms with Crippen molar-refractivity contribution in [2.45, 2.75) is 6.10 Å². The summed E-state index contributed by atoms with van der Waals surface area (Å²) in [5.74, 6) is 0.219. The molecule has 0 spiro atoms. The minimum atomic E-state index is -0.835. The topological polar surface area (TPSA) is 81.6 Å². The van der Waals surface area contributed by atoms with Gasteiger partial charge in [0.15, 0.2) is 11.5 Å². The molecule has 0 saturated heterocycles. The average molecular weight is 351 g/mol. The molecule has 2 aromatic carbocycles. The molecular formula is C19H17N3O4. The van der Waals surface area contributed by atoms with Crippen LogP contribution in [-0.4, -0.2) is 29.1 Å². The Hall–Kier alpha value is -3.48. The molecule has 2 N–H and O–H groups in total. The van der Waals surface area contributed by atoms with Gasteiger partial charge in [-0.25, -0.2) is 0 Å². The number of aromatic nitrogens is 1. The number of hydrogen-bond donors (Lipinski definition) is 2. The first kappa shape index (κ1) is 16.0. The normalized spacial score (nSPS) is 15.5. The fraction of sp³-hybridized carbons (Fsp3) is 0.158. The van der Waals surface area contributed by atoms with Crippen molar-refractivity contribution in [2.75, 3.05) is 6.61 Å². The minimum absolute atomic E-state index is 0.0764. The fourth-order valence-corrected chi connectivity index (χ4v) is 2.94. The van der Waals surface area contributed by atoms with Gasteiger partial charge in [0.05, 0.1) is 5.56 Å². The number of aryl methyl sites for hydroxylation is 1. The van der Waals surface area contributed by atoms with Crippen molar-refractivity contribution in [1.82, 2.24) is 15.4 Å². The van der Waals surface area contributed by atoms with E-state index in [-0.39, 0.29) is 6.61 Å². The molecule has 1 aromatic heterocycles. The van der Waals surface area contributed by atoms with E-state index in [4.69, 9.17) is 9.47 Å². The van der Waals surface area contributed by atoms with Gasteiger partial charge in [-0.2, -0.15) is 0 Å². The van der Waals surface area contributed by atoms with Gasteiger partial charge in [-0.3, -0.25) is 20.4 Å². The lowest BCUT2D eigenvalue weighted by Gasteiger charge is -2.25. The Balaban J connectivity index is 1.42. The monoisotopic (exact) mass is 351 g/mol. The molecule has 7 nitrogen and oxygen atoms in total. The SMILES string of the molecule is Cn1cc(C(=O)NNC(=O)C2COc3ccccc3O2)c2ccccc21. The van der Waals surface area contributed by atoms with Gasteiger partial charge in [0, 0.05) is 24.1 Å². The third-order valence-electron chi connectivity index (χ3n) is 4.24. The molecule has 0 saturated carbocycles. The Morgan fingerprint density at radius 3 is 2.62 bits per heavy atom. The molecule has 4 rings (SSSR count). The maximum absolute atomic E-state index is 12.4. The number of amides is 2. The van der Waals surface area contributed by atoms with Crippen molar-refractivity contribution < 1.29 is 19.1 Å². The maximum Gasteiger partial charge on any atom is 0.283 e. The van der Waals surface area contributed by atoms with Gasteiger partial charge in [0.1, 0.15) is 6.61 Å². The van der Waals surface area contributed by atoms with Gasteiger partial charge in [-0.15, -0.1) is 0 Å². The molecule has 1 atom stereocenters. The third kappa shape index (κ3) is 2.83. The number of hydrazine groups is 1. The lowest BCUT2D eigenvalue weighted by atomic mass is 10.2. The quantitative estimate of drug-likeness (QED) is 0.690. The molecular weight excluding hydrogens is 334 g/mol. The van der Waals surface area contributed by atoms with Crippen molar-refractivity contribution in [1.29, 1.82) is 0 Å². The Morgan fingerprint density at radius 2 is 1.77 bits per heavy atom. The molecule has 1 unspecified atom stereocenters. The van der Waals surface area contributed by atoms with Crippen molar-refractivity contribution in [2.24, 2.45) is 7.05 Å². The number of ether oxygens (including phenoxy) is 2. The van der Waals surface area contributed by atoms with E-state index in [1.165, 1.54) is 0 Å². The van der Waals surface area contributed by atoms with E-state index in [1.54, 1.807) is 24.4 Å². The van der Waals surface area contributed by atoms with Crippen LogP contribution in [0.2, 0.25) is 0 Å². The lowest BCUT2D eigenvalue weighted by molar-refractivity contribution is -0.131. The summed E-state index contributed by atoms with van der Waals surface area (Å²) in [5, 5.41) is 0.813. The summed E-state index contributed by atoms with van der Waals surface area (Å²) in [5.41, 5.74) is 6.26. The number of nitrogens with zero attached hydrogens (tertiary/aromatic N) is 1. The Labute approximate surface area is 149 Å². The second kappa shape index (κ2) is 6.44. The number of nitrogens with one attached hydrogen (secondary N) is 2.